The van der Waals surface area contributed by atoms with Crippen molar-refractivity contribution >= 4 is 33.1 Å². The number of nitro groups is 1. The van der Waals surface area contributed by atoms with Crippen molar-refractivity contribution in [2.45, 2.75) is 11.4 Å². The number of anilines is 1. The third-order valence-electron chi connectivity index (χ3n) is 3.58. The van der Waals surface area contributed by atoms with Crippen molar-refractivity contribution in [3.8, 4) is 0 Å². The van der Waals surface area contributed by atoms with Crippen LogP contribution in [0.15, 0.2) is 59.6 Å². The van der Waals surface area contributed by atoms with Crippen LogP contribution in [-0.4, -0.2) is 23.1 Å². The predicted molar refractivity (Wildman–Crippen MR) is 96.6 cm³/mol. The number of non-ortho nitro benzene ring substituents is 1. The zero-order valence-corrected chi connectivity index (χ0v) is 15.1. The highest BCUT2D eigenvalue weighted by atomic mass is 35.5. The van der Waals surface area contributed by atoms with Crippen molar-refractivity contribution in [1.29, 1.82) is 0 Å². The van der Waals surface area contributed by atoms with Crippen LogP contribution < -0.4 is 4.72 Å². The SMILES string of the molecule is O=[N+]([O-])c1ccc(S(=O)(=O)Nc2ccn(Cc3ccc(F)cc3Cl)n2)cc1. The Morgan fingerprint density at radius 3 is 2.52 bits per heavy atom. The van der Waals surface area contributed by atoms with Crippen LogP contribution in [0, 0.1) is 15.9 Å². The summed E-state index contributed by atoms with van der Waals surface area (Å²) in [5, 5.41) is 15.0. The number of halogens is 2. The zero-order chi connectivity index (χ0) is 19.6. The molecule has 2 aromatic carbocycles. The topological polar surface area (TPSA) is 107 Å². The van der Waals surface area contributed by atoms with E-state index in [0.717, 1.165) is 24.3 Å². The molecule has 140 valence electrons. The maximum Gasteiger partial charge on any atom is 0.269 e. The molecule has 0 aliphatic rings. The van der Waals surface area contributed by atoms with Crippen LogP contribution in [0.2, 0.25) is 5.02 Å². The van der Waals surface area contributed by atoms with E-state index in [9.17, 15) is 22.9 Å². The Bertz CT molecular complexity index is 1100. The molecule has 0 bridgehead atoms. The quantitative estimate of drug-likeness (QED) is 0.494. The number of benzene rings is 2. The summed E-state index contributed by atoms with van der Waals surface area (Å²) in [6.45, 7) is 0.221. The number of nitro benzene ring substituents is 1. The number of rotatable bonds is 6. The molecular formula is C16H12ClFN4O4S. The Hall–Kier alpha value is -2.98. The van der Waals surface area contributed by atoms with Gasteiger partial charge in [-0.25, -0.2) is 12.8 Å². The summed E-state index contributed by atoms with van der Waals surface area (Å²) in [7, 11) is -3.95. The lowest BCUT2D eigenvalue weighted by atomic mass is 10.2. The molecule has 11 heteroatoms. The second-order valence-corrected chi connectivity index (χ2v) is 7.58. The van der Waals surface area contributed by atoms with Crippen molar-refractivity contribution in [2.24, 2.45) is 0 Å². The number of hydrogen-bond acceptors (Lipinski definition) is 5. The fourth-order valence-electron chi connectivity index (χ4n) is 2.27. The lowest BCUT2D eigenvalue weighted by molar-refractivity contribution is -0.384. The Kier molecular flexibility index (Phi) is 5.10. The average Bonchev–Trinajstić information content (AvgIpc) is 3.04. The fourth-order valence-corrected chi connectivity index (χ4v) is 3.50. The second kappa shape index (κ2) is 7.33. The second-order valence-electron chi connectivity index (χ2n) is 5.49. The molecule has 0 fully saturated rings. The van der Waals surface area contributed by atoms with Crippen LogP contribution in [0.25, 0.3) is 0 Å². The summed E-state index contributed by atoms with van der Waals surface area (Å²) >= 11 is 5.97. The van der Waals surface area contributed by atoms with E-state index in [1.54, 1.807) is 0 Å². The van der Waals surface area contributed by atoms with Gasteiger partial charge >= 0.3 is 0 Å². The maximum atomic E-state index is 13.1. The van der Waals surface area contributed by atoms with Gasteiger partial charge in [0.25, 0.3) is 15.7 Å². The molecule has 0 aliphatic heterocycles. The third-order valence-corrected chi connectivity index (χ3v) is 5.31. The summed E-state index contributed by atoms with van der Waals surface area (Å²) < 4.78 is 41.5. The van der Waals surface area contributed by atoms with Gasteiger partial charge in [-0.2, -0.15) is 5.10 Å². The zero-order valence-electron chi connectivity index (χ0n) is 13.5. The molecule has 27 heavy (non-hydrogen) atoms. The average molecular weight is 411 g/mol. The standard InChI is InChI=1S/C16H12ClFN4O4S/c17-15-9-12(18)2-1-11(15)10-21-8-7-16(19-21)20-27(25,26)14-5-3-13(4-6-14)22(23)24/h1-9H,10H2,(H,19,20). The maximum absolute atomic E-state index is 13.1. The van der Waals surface area contributed by atoms with Gasteiger partial charge in [-0.1, -0.05) is 17.7 Å². The van der Waals surface area contributed by atoms with E-state index in [0.29, 0.717) is 5.56 Å². The summed E-state index contributed by atoms with van der Waals surface area (Å²) in [6, 6.07) is 9.88. The number of aromatic nitrogens is 2. The van der Waals surface area contributed by atoms with E-state index < -0.39 is 20.8 Å². The van der Waals surface area contributed by atoms with Crippen LogP contribution in [0.5, 0.6) is 0 Å². The highest BCUT2D eigenvalue weighted by Crippen LogP contribution is 2.20. The minimum Gasteiger partial charge on any atom is -0.266 e. The van der Waals surface area contributed by atoms with E-state index in [2.05, 4.69) is 9.82 Å². The molecule has 8 nitrogen and oxygen atoms in total. The van der Waals surface area contributed by atoms with Gasteiger partial charge in [-0.15, -0.1) is 0 Å². The van der Waals surface area contributed by atoms with Crippen molar-refractivity contribution in [1.82, 2.24) is 9.78 Å². The summed E-state index contributed by atoms with van der Waals surface area (Å²) in [6.07, 6.45) is 1.54. The predicted octanol–water partition coefficient (Wildman–Crippen LogP) is 3.43. The molecule has 0 saturated carbocycles. The van der Waals surface area contributed by atoms with E-state index >= 15 is 0 Å². The van der Waals surface area contributed by atoms with Crippen LogP contribution in [0.1, 0.15) is 5.56 Å². The molecule has 0 amide bonds. The first kappa shape index (κ1) is 18.8. The van der Waals surface area contributed by atoms with Crippen LogP contribution >= 0.6 is 11.6 Å². The Morgan fingerprint density at radius 2 is 1.89 bits per heavy atom. The van der Waals surface area contributed by atoms with Gasteiger partial charge in [0.1, 0.15) is 5.82 Å². The largest absolute Gasteiger partial charge is 0.269 e. The van der Waals surface area contributed by atoms with Gasteiger partial charge in [-0.3, -0.25) is 19.5 Å². The smallest absolute Gasteiger partial charge is 0.266 e. The first-order chi connectivity index (χ1) is 12.7. The monoisotopic (exact) mass is 410 g/mol. The lowest BCUT2D eigenvalue weighted by Crippen LogP contribution is -2.14. The van der Waals surface area contributed by atoms with E-state index in [4.69, 9.17) is 11.6 Å². The molecular weight excluding hydrogens is 399 g/mol. The van der Waals surface area contributed by atoms with Crippen LogP contribution in [-0.2, 0) is 16.6 Å². The summed E-state index contributed by atoms with van der Waals surface area (Å²) in [5.41, 5.74) is 0.403. The van der Waals surface area contributed by atoms with Gasteiger partial charge < -0.3 is 0 Å². The lowest BCUT2D eigenvalue weighted by Gasteiger charge is -2.06. The molecule has 1 heterocycles. The van der Waals surface area contributed by atoms with Crippen LogP contribution in [0.4, 0.5) is 15.9 Å². The number of nitrogens with zero attached hydrogens (tertiary/aromatic N) is 3. The summed E-state index contributed by atoms with van der Waals surface area (Å²) in [5.74, 6) is -0.396. The van der Waals surface area contributed by atoms with E-state index in [1.165, 1.54) is 35.1 Å². The van der Waals surface area contributed by atoms with Crippen molar-refractivity contribution < 1.29 is 17.7 Å². The fraction of sp³-hybridized carbons (Fsp3) is 0.0625. The van der Waals surface area contributed by atoms with Gasteiger partial charge in [0, 0.05) is 29.4 Å². The first-order valence-corrected chi connectivity index (χ1v) is 9.35. The van der Waals surface area contributed by atoms with Gasteiger partial charge in [0.2, 0.25) is 0 Å². The number of hydrogen-bond donors (Lipinski definition) is 1. The number of sulfonamides is 1. The van der Waals surface area contributed by atoms with Gasteiger partial charge in [0.05, 0.1) is 16.4 Å². The first-order valence-electron chi connectivity index (χ1n) is 7.49. The van der Waals surface area contributed by atoms with Gasteiger partial charge in [-0.05, 0) is 29.8 Å². The molecule has 0 unspecified atom stereocenters. The Labute approximate surface area is 158 Å². The van der Waals surface area contributed by atoms with E-state index in [-0.39, 0.29) is 28.0 Å². The molecule has 0 radical (unpaired) electrons. The highest BCUT2D eigenvalue weighted by Gasteiger charge is 2.17. The molecule has 0 saturated heterocycles. The van der Waals surface area contributed by atoms with E-state index in [1.807, 2.05) is 0 Å². The normalized spacial score (nSPS) is 11.3. The summed E-state index contributed by atoms with van der Waals surface area (Å²) in [4.78, 5) is 9.89. The molecule has 0 spiro atoms. The number of nitrogens with one attached hydrogen (secondary N) is 1. The Morgan fingerprint density at radius 1 is 1.19 bits per heavy atom. The van der Waals surface area contributed by atoms with Crippen molar-refractivity contribution in [3.63, 3.8) is 0 Å². The molecule has 3 rings (SSSR count). The third kappa shape index (κ3) is 4.41. The Balaban J connectivity index is 1.75. The highest BCUT2D eigenvalue weighted by molar-refractivity contribution is 7.92. The van der Waals surface area contributed by atoms with Crippen LogP contribution in [0.3, 0.4) is 0 Å². The van der Waals surface area contributed by atoms with Crippen molar-refractivity contribution in [2.75, 3.05) is 4.72 Å². The van der Waals surface area contributed by atoms with Crippen molar-refractivity contribution in [3.05, 3.63) is 81.2 Å². The minimum absolute atomic E-state index is 0.0617. The molecule has 1 aromatic heterocycles. The van der Waals surface area contributed by atoms with Gasteiger partial charge in [0.15, 0.2) is 5.82 Å². The molecule has 0 atom stereocenters. The molecule has 3 aromatic rings. The molecule has 1 N–H and O–H groups in total. The minimum atomic E-state index is -3.95. The molecule has 0 aliphatic carbocycles.